The normalized spacial score (nSPS) is 14.2. The Labute approximate surface area is 93.2 Å². The number of halogens is 1. The number of hydrogen-bond donors (Lipinski definition) is 1. The molecule has 0 bridgehead atoms. The van der Waals surface area contributed by atoms with E-state index in [1.54, 1.807) is 19.1 Å². The second-order valence-corrected chi connectivity index (χ2v) is 3.21. The van der Waals surface area contributed by atoms with Gasteiger partial charge in [-0.05, 0) is 12.1 Å². The van der Waals surface area contributed by atoms with E-state index < -0.39 is 17.7 Å². The minimum Gasteiger partial charge on any atom is -0.412 e. The number of carbonyl (C=O) groups is 1. The monoisotopic (exact) mass is 227 g/mol. The molecule has 0 aliphatic heterocycles. The number of ether oxygens (including phenoxy) is 2. The van der Waals surface area contributed by atoms with Gasteiger partial charge in [0.15, 0.2) is 0 Å². The fourth-order valence-corrected chi connectivity index (χ4v) is 1.55. The summed E-state index contributed by atoms with van der Waals surface area (Å²) in [5.41, 5.74) is 5.11. The summed E-state index contributed by atoms with van der Waals surface area (Å²) in [7, 11) is 1.33. The van der Waals surface area contributed by atoms with Crippen LogP contribution in [0.3, 0.4) is 0 Å². The maximum Gasteiger partial charge on any atom is 0.407 e. The van der Waals surface area contributed by atoms with Crippen molar-refractivity contribution in [3.8, 4) is 0 Å². The molecule has 0 aromatic heterocycles. The van der Waals surface area contributed by atoms with Crippen molar-refractivity contribution in [1.82, 2.24) is 0 Å². The average molecular weight is 227 g/mol. The summed E-state index contributed by atoms with van der Waals surface area (Å²) in [6.45, 7) is 1.71. The first kappa shape index (κ1) is 12.4. The van der Waals surface area contributed by atoms with Crippen LogP contribution >= 0.6 is 0 Å². The van der Waals surface area contributed by atoms with E-state index in [0.29, 0.717) is 0 Å². The van der Waals surface area contributed by atoms with Crippen LogP contribution in [0.25, 0.3) is 0 Å². The van der Waals surface area contributed by atoms with Crippen LogP contribution in [0.4, 0.5) is 9.18 Å². The zero-order valence-electron chi connectivity index (χ0n) is 9.20. The van der Waals surface area contributed by atoms with Gasteiger partial charge in [-0.15, -0.1) is 0 Å². The van der Waals surface area contributed by atoms with E-state index in [2.05, 4.69) is 0 Å². The average Bonchev–Trinajstić information content (AvgIpc) is 2.26. The lowest BCUT2D eigenvalue weighted by Gasteiger charge is -2.30. The second-order valence-electron chi connectivity index (χ2n) is 3.21. The van der Waals surface area contributed by atoms with Crippen LogP contribution < -0.4 is 5.73 Å². The van der Waals surface area contributed by atoms with Gasteiger partial charge in [0.1, 0.15) is 5.82 Å². The number of primary amides is 1. The Morgan fingerprint density at radius 2 is 2.12 bits per heavy atom. The second kappa shape index (κ2) is 4.94. The summed E-state index contributed by atoms with van der Waals surface area (Å²) in [5.74, 6) is -1.97. The van der Waals surface area contributed by atoms with Gasteiger partial charge < -0.3 is 15.2 Å². The van der Waals surface area contributed by atoms with Gasteiger partial charge in [-0.1, -0.05) is 19.1 Å². The molecule has 0 heterocycles. The van der Waals surface area contributed by atoms with Crippen molar-refractivity contribution < 1.29 is 18.7 Å². The van der Waals surface area contributed by atoms with Crippen LogP contribution in [-0.2, 0) is 15.3 Å². The molecule has 1 aromatic carbocycles. The molecule has 1 amide bonds. The molecule has 1 rings (SSSR count). The third-order valence-corrected chi connectivity index (χ3v) is 2.34. The molecule has 5 heteroatoms. The lowest BCUT2D eigenvalue weighted by atomic mass is 10.0. The van der Waals surface area contributed by atoms with Crippen LogP contribution in [-0.4, -0.2) is 13.2 Å². The van der Waals surface area contributed by atoms with Crippen molar-refractivity contribution in [1.29, 1.82) is 0 Å². The van der Waals surface area contributed by atoms with Gasteiger partial charge in [0.2, 0.25) is 5.79 Å². The molecule has 1 atom stereocenters. The van der Waals surface area contributed by atoms with E-state index in [0.717, 1.165) is 0 Å². The number of benzene rings is 1. The zero-order chi connectivity index (χ0) is 12.2. The smallest absolute Gasteiger partial charge is 0.407 e. The van der Waals surface area contributed by atoms with Crippen LogP contribution in [0.5, 0.6) is 0 Å². The lowest BCUT2D eigenvalue weighted by Crippen LogP contribution is -2.36. The fraction of sp³-hybridized carbons (Fsp3) is 0.364. The number of methoxy groups -OCH3 is 1. The third kappa shape index (κ3) is 2.30. The summed E-state index contributed by atoms with van der Waals surface area (Å²) in [6, 6.07) is 5.93. The van der Waals surface area contributed by atoms with Gasteiger partial charge in [-0.3, -0.25) is 0 Å². The highest BCUT2D eigenvalue weighted by molar-refractivity contribution is 5.65. The maximum absolute atomic E-state index is 13.6. The van der Waals surface area contributed by atoms with Crippen LogP contribution in [0, 0.1) is 5.82 Å². The third-order valence-electron chi connectivity index (χ3n) is 2.34. The molecule has 0 saturated carbocycles. The van der Waals surface area contributed by atoms with E-state index in [1.165, 1.54) is 19.2 Å². The molecule has 4 nitrogen and oxygen atoms in total. The van der Waals surface area contributed by atoms with Crippen molar-refractivity contribution in [2.75, 3.05) is 7.11 Å². The highest BCUT2D eigenvalue weighted by Gasteiger charge is 2.36. The van der Waals surface area contributed by atoms with Gasteiger partial charge >= 0.3 is 6.09 Å². The van der Waals surface area contributed by atoms with Gasteiger partial charge in [-0.2, -0.15) is 0 Å². The molecule has 0 saturated heterocycles. The summed E-state index contributed by atoms with van der Waals surface area (Å²) in [5, 5.41) is 0. The van der Waals surface area contributed by atoms with Crippen molar-refractivity contribution in [3.05, 3.63) is 35.6 Å². The summed E-state index contributed by atoms with van der Waals surface area (Å²) >= 11 is 0. The van der Waals surface area contributed by atoms with E-state index in [-0.39, 0.29) is 12.0 Å². The molecule has 2 N–H and O–H groups in total. The Hall–Kier alpha value is -1.62. The standard InChI is InChI=1S/C11H14FNO3/c1-3-11(15-2,16-10(13)14)8-6-4-5-7-9(8)12/h4-7H,3H2,1-2H3,(H2,13,14)/t11-/m0/s1. The van der Waals surface area contributed by atoms with Crippen LogP contribution in [0.1, 0.15) is 18.9 Å². The minimum atomic E-state index is -1.46. The van der Waals surface area contributed by atoms with E-state index >= 15 is 0 Å². The van der Waals surface area contributed by atoms with Crippen LogP contribution in [0.15, 0.2) is 24.3 Å². The Bertz CT molecular complexity index is 377. The molecular formula is C11H14FNO3. The largest absolute Gasteiger partial charge is 0.412 e. The summed E-state index contributed by atoms with van der Waals surface area (Å²) < 4.78 is 23.6. The summed E-state index contributed by atoms with van der Waals surface area (Å²) in [6.07, 6.45) is -0.750. The number of nitrogens with two attached hydrogens (primary N) is 1. The topological polar surface area (TPSA) is 61.6 Å². The molecule has 0 aliphatic rings. The van der Waals surface area contributed by atoms with E-state index in [4.69, 9.17) is 15.2 Å². The molecule has 0 unspecified atom stereocenters. The maximum atomic E-state index is 13.6. The predicted octanol–water partition coefficient (Wildman–Crippen LogP) is 2.13. The fourth-order valence-electron chi connectivity index (χ4n) is 1.55. The first-order valence-corrected chi connectivity index (χ1v) is 4.84. The lowest BCUT2D eigenvalue weighted by molar-refractivity contribution is -0.195. The highest BCUT2D eigenvalue weighted by atomic mass is 19.1. The van der Waals surface area contributed by atoms with Crippen molar-refractivity contribution >= 4 is 6.09 Å². The highest BCUT2D eigenvalue weighted by Crippen LogP contribution is 2.32. The SMILES string of the molecule is CC[C@](OC)(OC(N)=O)c1ccccc1F. The van der Waals surface area contributed by atoms with Crippen molar-refractivity contribution in [2.45, 2.75) is 19.1 Å². The van der Waals surface area contributed by atoms with Crippen LogP contribution in [0.2, 0.25) is 0 Å². The van der Waals surface area contributed by atoms with Gasteiger partial charge in [0.05, 0.1) is 5.56 Å². The van der Waals surface area contributed by atoms with Gasteiger partial charge in [-0.25, -0.2) is 9.18 Å². The number of rotatable bonds is 4. The van der Waals surface area contributed by atoms with Crippen molar-refractivity contribution in [3.63, 3.8) is 0 Å². The Morgan fingerprint density at radius 1 is 1.50 bits per heavy atom. The summed E-state index contributed by atoms with van der Waals surface area (Å²) in [4.78, 5) is 10.8. The number of amides is 1. The molecule has 0 radical (unpaired) electrons. The Morgan fingerprint density at radius 3 is 2.56 bits per heavy atom. The first-order valence-electron chi connectivity index (χ1n) is 4.84. The predicted molar refractivity (Wildman–Crippen MR) is 56.0 cm³/mol. The molecule has 16 heavy (non-hydrogen) atoms. The Balaban J connectivity index is 3.20. The molecular weight excluding hydrogens is 213 g/mol. The van der Waals surface area contributed by atoms with Gasteiger partial charge in [0, 0.05) is 13.5 Å². The molecule has 0 fully saturated rings. The zero-order valence-corrected chi connectivity index (χ0v) is 9.20. The van der Waals surface area contributed by atoms with Crippen molar-refractivity contribution in [2.24, 2.45) is 5.73 Å². The number of carbonyl (C=O) groups excluding carboxylic acids is 1. The molecule has 0 spiro atoms. The van der Waals surface area contributed by atoms with E-state index in [9.17, 15) is 9.18 Å². The minimum absolute atomic E-state index is 0.152. The Kier molecular flexibility index (Phi) is 3.84. The van der Waals surface area contributed by atoms with E-state index in [1.807, 2.05) is 0 Å². The molecule has 1 aromatic rings. The molecule has 0 aliphatic carbocycles. The first-order chi connectivity index (χ1) is 7.55. The van der Waals surface area contributed by atoms with Gasteiger partial charge in [0.25, 0.3) is 0 Å². The molecule has 88 valence electrons. The number of hydrogen-bond acceptors (Lipinski definition) is 3. The quantitative estimate of drug-likeness (QED) is 0.801.